The number of imidazole rings is 1. The van der Waals surface area contributed by atoms with E-state index in [1.54, 1.807) is 6.33 Å². The van der Waals surface area contributed by atoms with Gasteiger partial charge in [0.1, 0.15) is 0 Å². The SMILES string of the molecule is Cc1[nH]cnc1CC1(N)CC1. The van der Waals surface area contributed by atoms with Crippen molar-refractivity contribution in [1.29, 1.82) is 0 Å². The number of nitrogens with two attached hydrogens (primary N) is 1. The number of nitrogens with zero attached hydrogens (tertiary/aromatic N) is 1. The summed E-state index contributed by atoms with van der Waals surface area (Å²) in [4.78, 5) is 7.26. The second-order valence-electron chi connectivity index (χ2n) is 3.51. The van der Waals surface area contributed by atoms with Crippen molar-refractivity contribution in [2.75, 3.05) is 0 Å². The molecule has 1 aromatic heterocycles. The molecule has 0 amide bonds. The Kier molecular flexibility index (Phi) is 1.29. The molecule has 0 saturated heterocycles. The predicted molar refractivity (Wildman–Crippen MR) is 43.2 cm³/mol. The Hall–Kier alpha value is -0.830. The van der Waals surface area contributed by atoms with Crippen LogP contribution >= 0.6 is 0 Å². The quantitative estimate of drug-likeness (QED) is 0.655. The van der Waals surface area contributed by atoms with Gasteiger partial charge in [-0.05, 0) is 19.8 Å². The fourth-order valence-electron chi connectivity index (χ4n) is 1.24. The lowest BCUT2D eigenvalue weighted by Crippen LogP contribution is -2.25. The molecular formula is C8H13N3. The lowest BCUT2D eigenvalue weighted by molar-refractivity contribution is 0.659. The number of nitrogens with one attached hydrogen (secondary N) is 1. The summed E-state index contributed by atoms with van der Waals surface area (Å²) in [6.07, 6.45) is 4.97. The van der Waals surface area contributed by atoms with Crippen molar-refractivity contribution in [1.82, 2.24) is 9.97 Å². The molecule has 2 rings (SSSR count). The van der Waals surface area contributed by atoms with Crippen LogP contribution in [0.4, 0.5) is 0 Å². The second-order valence-corrected chi connectivity index (χ2v) is 3.51. The minimum Gasteiger partial charge on any atom is -0.348 e. The van der Waals surface area contributed by atoms with E-state index >= 15 is 0 Å². The van der Waals surface area contributed by atoms with Crippen molar-refractivity contribution in [3.05, 3.63) is 17.7 Å². The zero-order valence-electron chi connectivity index (χ0n) is 6.72. The summed E-state index contributed by atoms with van der Waals surface area (Å²) in [6.45, 7) is 2.04. The Morgan fingerprint density at radius 1 is 1.73 bits per heavy atom. The molecule has 1 saturated carbocycles. The summed E-state index contributed by atoms with van der Waals surface area (Å²) in [5.41, 5.74) is 8.32. The summed E-state index contributed by atoms with van der Waals surface area (Å²) < 4.78 is 0. The molecule has 0 spiro atoms. The van der Waals surface area contributed by atoms with Crippen molar-refractivity contribution in [2.24, 2.45) is 5.73 Å². The van der Waals surface area contributed by atoms with Gasteiger partial charge in [0.2, 0.25) is 0 Å². The molecule has 3 N–H and O–H groups in total. The van der Waals surface area contributed by atoms with Crippen molar-refractivity contribution in [2.45, 2.75) is 31.7 Å². The first kappa shape index (κ1) is 6.85. The molecule has 60 valence electrons. The maximum absolute atomic E-state index is 5.95. The van der Waals surface area contributed by atoms with E-state index in [2.05, 4.69) is 9.97 Å². The van der Waals surface area contributed by atoms with Crippen molar-refractivity contribution < 1.29 is 0 Å². The third-order valence-electron chi connectivity index (χ3n) is 2.35. The third-order valence-corrected chi connectivity index (χ3v) is 2.35. The van der Waals surface area contributed by atoms with Gasteiger partial charge in [-0.15, -0.1) is 0 Å². The van der Waals surface area contributed by atoms with Crippen LogP contribution < -0.4 is 5.73 Å². The zero-order chi connectivity index (χ0) is 7.90. The van der Waals surface area contributed by atoms with Gasteiger partial charge in [0.15, 0.2) is 0 Å². The summed E-state index contributed by atoms with van der Waals surface area (Å²) >= 11 is 0. The smallest absolute Gasteiger partial charge is 0.0925 e. The molecule has 3 nitrogen and oxygen atoms in total. The van der Waals surface area contributed by atoms with Crippen LogP contribution in [0.3, 0.4) is 0 Å². The predicted octanol–water partition coefficient (Wildman–Crippen LogP) is 0.752. The van der Waals surface area contributed by atoms with E-state index in [-0.39, 0.29) is 5.54 Å². The molecule has 0 aromatic carbocycles. The first-order valence-electron chi connectivity index (χ1n) is 3.97. The fraction of sp³-hybridized carbons (Fsp3) is 0.625. The number of H-pyrrole nitrogens is 1. The Balaban J connectivity index is 2.12. The Bertz CT molecular complexity index is 260. The lowest BCUT2D eigenvalue weighted by atomic mass is 10.1. The van der Waals surface area contributed by atoms with Crippen molar-refractivity contribution in [3.8, 4) is 0 Å². The average Bonchev–Trinajstić information content (AvgIpc) is 2.54. The number of rotatable bonds is 2. The maximum atomic E-state index is 5.95. The minimum absolute atomic E-state index is 0.0833. The summed E-state index contributed by atoms with van der Waals surface area (Å²) in [5, 5.41) is 0. The van der Waals surface area contributed by atoms with Crippen molar-refractivity contribution >= 4 is 0 Å². The van der Waals surface area contributed by atoms with Crippen LogP contribution in [-0.4, -0.2) is 15.5 Å². The van der Waals surface area contributed by atoms with Gasteiger partial charge in [0.05, 0.1) is 12.0 Å². The number of aryl methyl sites for hydroxylation is 1. The number of hydrogen-bond acceptors (Lipinski definition) is 2. The Labute approximate surface area is 66.0 Å². The lowest BCUT2D eigenvalue weighted by Gasteiger charge is -2.05. The molecule has 1 heterocycles. The van der Waals surface area contributed by atoms with Gasteiger partial charge in [-0.2, -0.15) is 0 Å². The number of aromatic nitrogens is 2. The van der Waals surface area contributed by atoms with E-state index in [0.29, 0.717) is 0 Å². The van der Waals surface area contributed by atoms with Gasteiger partial charge >= 0.3 is 0 Å². The molecule has 3 heteroatoms. The van der Waals surface area contributed by atoms with Crippen LogP contribution in [0.5, 0.6) is 0 Å². The highest BCUT2D eigenvalue weighted by atomic mass is 14.9. The first-order valence-corrected chi connectivity index (χ1v) is 3.97. The van der Waals surface area contributed by atoms with E-state index in [0.717, 1.165) is 30.7 Å². The molecule has 0 radical (unpaired) electrons. The largest absolute Gasteiger partial charge is 0.348 e. The standard InChI is InChI=1S/C8H13N3/c1-6-7(11-5-10-6)4-8(9)2-3-8/h5H,2-4,9H2,1H3,(H,10,11). The second kappa shape index (κ2) is 2.08. The zero-order valence-corrected chi connectivity index (χ0v) is 6.72. The summed E-state index contributed by atoms with van der Waals surface area (Å²) in [7, 11) is 0. The van der Waals surface area contributed by atoms with E-state index in [1.807, 2.05) is 6.92 Å². The van der Waals surface area contributed by atoms with E-state index < -0.39 is 0 Å². The van der Waals surface area contributed by atoms with Gasteiger partial charge in [-0.3, -0.25) is 0 Å². The molecule has 0 bridgehead atoms. The highest BCUT2D eigenvalue weighted by Crippen LogP contribution is 2.35. The fourth-order valence-corrected chi connectivity index (χ4v) is 1.24. The van der Waals surface area contributed by atoms with Crippen LogP contribution in [0.15, 0.2) is 6.33 Å². The molecule has 1 aromatic rings. The average molecular weight is 151 g/mol. The van der Waals surface area contributed by atoms with Gasteiger partial charge in [-0.25, -0.2) is 4.98 Å². The highest BCUT2D eigenvalue weighted by Gasteiger charge is 2.38. The van der Waals surface area contributed by atoms with E-state index in [9.17, 15) is 0 Å². The van der Waals surface area contributed by atoms with E-state index in [4.69, 9.17) is 5.73 Å². The number of hydrogen-bond donors (Lipinski definition) is 2. The normalized spacial score (nSPS) is 20.2. The highest BCUT2D eigenvalue weighted by molar-refractivity contribution is 5.16. The molecule has 1 aliphatic carbocycles. The molecule has 11 heavy (non-hydrogen) atoms. The molecule has 1 fully saturated rings. The number of aromatic amines is 1. The van der Waals surface area contributed by atoms with Crippen LogP contribution in [0.2, 0.25) is 0 Å². The molecular weight excluding hydrogens is 138 g/mol. The summed E-state index contributed by atoms with van der Waals surface area (Å²) in [6, 6.07) is 0. The molecule has 0 atom stereocenters. The minimum atomic E-state index is 0.0833. The van der Waals surface area contributed by atoms with E-state index in [1.165, 1.54) is 0 Å². The van der Waals surface area contributed by atoms with Crippen LogP contribution in [-0.2, 0) is 6.42 Å². The maximum Gasteiger partial charge on any atom is 0.0925 e. The van der Waals surface area contributed by atoms with Crippen LogP contribution in [0.25, 0.3) is 0 Å². The third kappa shape index (κ3) is 1.28. The van der Waals surface area contributed by atoms with Gasteiger partial charge in [0, 0.05) is 17.7 Å². The van der Waals surface area contributed by atoms with Crippen LogP contribution in [0, 0.1) is 6.92 Å². The Morgan fingerprint density at radius 3 is 2.91 bits per heavy atom. The van der Waals surface area contributed by atoms with Gasteiger partial charge < -0.3 is 10.7 Å². The monoisotopic (exact) mass is 151 g/mol. The summed E-state index contributed by atoms with van der Waals surface area (Å²) in [5.74, 6) is 0. The Morgan fingerprint density at radius 2 is 2.45 bits per heavy atom. The topological polar surface area (TPSA) is 54.7 Å². The van der Waals surface area contributed by atoms with Crippen LogP contribution in [0.1, 0.15) is 24.2 Å². The van der Waals surface area contributed by atoms with Gasteiger partial charge in [0.25, 0.3) is 0 Å². The van der Waals surface area contributed by atoms with Gasteiger partial charge in [-0.1, -0.05) is 0 Å². The molecule has 0 aliphatic heterocycles. The molecule has 1 aliphatic rings. The first-order chi connectivity index (χ1) is 5.20. The van der Waals surface area contributed by atoms with Crippen molar-refractivity contribution in [3.63, 3.8) is 0 Å². The molecule has 0 unspecified atom stereocenters.